The first-order valence-electron chi connectivity index (χ1n) is 7.86. The molecule has 1 aromatic heterocycles. The molecule has 0 radical (unpaired) electrons. The van der Waals surface area contributed by atoms with E-state index in [4.69, 9.17) is 16.0 Å². The number of aliphatic hydroxyl groups excluding tert-OH is 1. The van der Waals surface area contributed by atoms with Gasteiger partial charge in [0.1, 0.15) is 0 Å². The minimum atomic E-state index is 0.0575. The van der Waals surface area contributed by atoms with Gasteiger partial charge in [0, 0.05) is 23.2 Å². The number of nitrogens with one attached hydrogen (secondary N) is 1. The summed E-state index contributed by atoms with van der Waals surface area (Å²) in [6, 6.07) is 17.6. The SMILES string of the molecule is OCCC(NCc1ncc(-c2ccc(Cl)cc2)o1)c1ccccc1. The lowest BCUT2D eigenvalue weighted by atomic mass is 10.0. The Morgan fingerprint density at radius 2 is 1.83 bits per heavy atom. The first kappa shape index (κ1) is 16.7. The molecular formula is C19H19ClN2O2. The number of hydrogen-bond donors (Lipinski definition) is 2. The smallest absolute Gasteiger partial charge is 0.208 e. The second-order valence-electron chi connectivity index (χ2n) is 5.48. The lowest BCUT2D eigenvalue weighted by Crippen LogP contribution is -2.22. The zero-order valence-electron chi connectivity index (χ0n) is 13.2. The van der Waals surface area contributed by atoms with Crippen LogP contribution in [0.1, 0.15) is 23.9 Å². The fourth-order valence-electron chi connectivity index (χ4n) is 2.55. The fraction of sp³-hybridized carbons (Fsp3) is 0.211. The summed E-state index contributed by atoms with van der Waals surface area (Å²) in [5.74, 6) is 1.32. The van der Waals surface area contributed by atoms with Gasteiger partial charge in [-0.15, -0.1) is 0 Å². The fourth-order valence-corrected chi connectivity index (χ4v) is 2.68. The van der Waals surface area contributed by atoms with Crippen molar-refractivity contribution in [2.75, 3.05) is 6.61 Å². The highest BCUT2D eigenvalue weighted by Gasteiger charge is 2.12. The number of rotatable bonds is 7. The number of nitrogens with zero attached hydrogens (tertiary/aromatic N) is 1. The van der Waals surface area contributed by atoms with E-state index in [0.717, 1.165) is 11.1 Å². The lowest BCUT2D eigenvalue weighted by molar-refractivity contribution is 0.263. The van der Waals surface area contributed by atoms with E-state index in [1.807, 2.05) is 54.6 Å². The Morgan fingerprint density at radius 3 is 2.54 bits per heavy atom. The maximum Gasteiger partial charge on any atom is 0.208 e. The lowest BCUT2D eigenvalue weighted by Gasteiger charge is -2.17. The van der Waals surface area contributed by atoms with E-state index < -0.39 is 0 Å². The van der Waals surface area contributed by atoms with Crippen molar-refractivity contribution in [2.24, 2.45) is 0 Å². The van der Waals surface area contributed by atoms with Gasteiger partial charge in [-0.1, -0.05) is 41.9 Å². The Morgan fingerprint density at radius 1 is 1.08 bits per heavy atom. The van der Waals surface area contributed by atoms with E-state index >= 15 is 0 Å². The highest BCUT2D eigenvalue weighted by molar-refractivity contribution is 6.30. The van der Waals surface area contributed by atoms with E-state index in [2.05, 4.69) is 10.3 Å². The third-order valence-electron chi connectivity index (χ3n) is 3.80. The Kier molecular flexibility index (Phi) is 5.64. The molecule has 0 saturated carbocycles. The van der Waals surface area contributed by atoms with Gasteiger partial charge in [-0.2, -0.15) is 0 Å². The summed E-state index contributed by atoms with van der Waals surface area (Å²) >= 11 is 5.90. The van der Waals surface area contributed by atoms with Crippen molar-refractivity contribution in [1.82, 2.24) is 10.3 Å². The molecule has 0 saturated heterocycles. The number of aromatic nitrogens is 1. The number of oxazole rings is 1. The van der Waals surface area contributed by atoms with Crippen molar-refractivity contribution in [2.45, 2.75) is 19.0 Å². The van der Waals surface area contributed by atoms with Crippen molar-refractivity contribution in [3.8, 4) is 11.3 Å². The number of hydrogen-bond acceptors (Lipinski definition) is 4. The van der Waals surface area contributed by atoms with Gasteiger partial charge in [0.15, 0.2) is 5.76 Å². The molecule has 2 N–H and O–H groups in total. The second-order valence-corrected chi connectivity index (χ2v) is 5.92. The molecule has 1 unspecified atom stereocenters. The van der Waals surface area contributed by atoms with Crippen LogP contribution < -0.4 is 5.32 Å². The maximum absolute atomic E-state index is 9.28. The first-order valence-corrected chi connectivity index (χ1v) is 8.24. The van der Waals surface area contributed by atoms with Crippen LogP contribution in [-0.4, -0.2) is 16.7 Å². The zero-order valence-corrected chi connectivity index (χ0v) is 13.9. The average molecular weight is 343 g/mol. The summed E-state index contributed by atoms with van der Waals surface area (Å²) in [6.07, 6.45) is 2.35. The molecule has 0 aliphatic carbocycles. The molecule has 3 rings (SSSR count). The molecule has 1 heterocycles. The van der Waals surface area contributed by atoms with Crippen molar-refractivity contribution >= 4 is 11.6 Å². The molecule has 124 valence electrons. The van der Waals surface area contributed by atoms with Gasteiger partial charge < -0.3 is 14.8 Å². The van der Waals surface area contributed by atoms with Gasteiger partial charge in [0.2, 0.25) is 5.89 Å². The third kappa shape index (κ3) is 4.23. The summed E-state index contributed by atoms with van der Waals surface area (Å²) in [5, 5.41) is 13.4. The molecule has 2 aromatic carbocycles. The molecule has 3 aromatic rings. The van der Waals surface area contributed by atoms with Crippen LogP contribution in [0.2, 0.25) is 5.02 Å². The molecule has 1 atom stereocenters. The summed E-state index contributed by atoms with van der Waals surface area (Å²) in [6.45, 7) is 0.612. The first-order chi connectivity index (χ1) is 11.8. The largest absolute Gasteiger partial charge is 0.439 e. The van der Waals surface area contributed by atoms with Gasteiger partial charge in [-0.05, 0) is 36.2 Å². The van der Waals surface area contributed by atoms with Gasteiger partial charge in [0.05, 0.1) is 12.7 Å². The second kappa shape index (κ2) is 8.11. The molecule has 5 heteroatoms. The maximum atomic E-state index is 9.28. The van der Waals surface area contributed by atoms with Crippen molar-refractivity contribution in [3.05, 3.63) is 77.3 Å². The van der Waals surface area contributed by atoms with Gasteiger partial charge in [-0.3, -0.25) is 0 Å². The van der Waals surface area contributed by atoms with Crippen molar-refractivity contribution in [3.63, 3.8) is 0 Å². The Labute approximate surface area is 146 Å². The van der Waals surface area contributed by atoms with Crippen LogP contribution in [-0.2, 0) is 6.54 Å². The highest BCUT2D eigenvalue weighted by Crippen LogP contribution is 2.23. The molecule has 0 bridgehead atoms. The van der Waals surface area contributed by atoms with Crippen LogP contribution in [0.4, 0.5) is 0 Å². The number of halogens is 1. The monoisotopic (exact) mass is 342 g/mol. The molecule has 0 aliphatic heterocycles. The van der Waals surface area contributed by atoms with Crippen LogP contribution in [0.15, 0.2) is 65.2 Å². The zero-order chi connectivity index (χ0) is 16.8. The molecule has 0 amide bonds. The van der Waals surface area contributed by atoms with Gasteiger partial charge >= 0.3 is 0 Å². The topological polar surface area (TPSA) is 58.3 Å². The minimum Gasteiger partial charge on any atom is -0.439 e. The van der Waals surface area contributed by atoms with Crippen LogP contribution >= 0.6 is 11.6 Å². The van der Waals surface area contributed by atoms with E-state index in [1.165, 1.54) is 0 Å². The predicted octanol–water partition coefficient (Wildman–Crippen LogP) is 4.21. The quantitative estimate of drug-likeness (QED) is 0.675. The molecule has 0 fully saturated rings. The van der Waals surface area contributed by atoms with E-state index in [1.54, 1.807) is 6.20 Å². The number of aliphatic hydroxyl groups is 1. The normalized spacial score (nSPS) is 12.2. The summed E-state index contributed by atoms with van der Waals surface area (Å²) in [7, 11) is 0. The number of benzene rings is 2. The van der Waals surface area contributed by atoms with Crippen LogP contribution in [0.25, 0.3) is 11.3 Å². The van der Waals surface area contributed by atoms with Crippen LogP contribution in [0.5, 0.6) is 0 Å². The Balaban J connectivity index is 1.66. The van der Waals surface area contributed by atoms with Crippen LogP contribution in [0.3, 0.4) is 0 Å². The standard InChI is InChI=1S/C19H19ClN2O2/c20-16-8-6-15(7-9-16)18-12-22-19(24-18)13-21-17(10-11-23)14-4-2-1-3-5-14/h1-9,12,17,21,23H,10-11,13H2. The molecule has 24 heavy (non-hydrogen) atoms. The van der Waals surface area contributed by atoms with Crippen LogP contribution in [0, 0.1) is 0 Å². The van der Waals surface area contributed by atoms with E-state index in [9.17, 15) is 5.11 Å². The average Bonchev–Trinajstić information content (AvgIpc) is 3.09. The molecule has 4 nitrogen and oxygen atoms in total. The Hall–Kier alpha value is -2.14. The van der Waals surface area contributed by atoms with E-state index in [0.29, 0.717) is 29.6 Å². The van der Waals surface area contributed by atoms with Gasteiger partial charge in [0.25, 0.3) is 0 Å². The molecule has 0 spiro atoms. The molecule has 0 aliphatic rings. The summed E-state index contributed by atoms with van der Waals surface area (Å²) in [5.41, 5.74) is 2.07. The Bertz CT molecular complexity index is 757. The van der Waals surface area contributed by atoms with E-state index in [-0.39, 0.29) is 12.6 Å². The third-order valence-corrected chi connectivity index (χ3v) is 4.05. The predicted molar refractivity (Wildman–Crippen MR) is 94.7 cm³/mol. The summed E-state index contributed by atoms with van der Waals surface area (Å²) in [4.78, 5) is 4.32. The minimum absolute atomic E-state index is 0.0575. The van der Waals surface area contributed by atoms with Crippen molar-refractivity contribution in [1.29, 1.82) is 0 Å². The van der Waals surface area contributed by atoms with Crippen molar-refractivity contribution < 1.29 is 9.52 Å². The van der Waals surface area contributed by atoms with Gasteiger partial charge in [-0.25, -0.2) is 4.98 Å². The highest BCUT2D eigenvalue weighted by atomic mass is 35.5. The molecular weight excluding hydrogens is 324 g/mol. The summed E-state index contributed by atoms with van der Waals surface area (Å²) < 4.78 is 5.79.